The maximum atomic E-state index is 12.8. The summed E-state index contributed by atoms with van der Waals surface area (Å²) in [7, 11) is -4.67. The van der Waals surface area contributed by atoms with Crippen LogP contribution in [-0.4, -0.2) is 67.4 Å². The minimum absolute atomic E-state index is 0. The van der Waals surface area contributed by atoms with Crippen LogP contribution >= 0.6 is 0 Å². The third-order valence-corrected chi connectivity index (χ3v) is 5.98. The quantitative estimate of drug-likeness (QED) is 0.110. The minimum atomic E-state index is -4.67. The van der Waals surface area contributed by atoms with E-state index < -0.39 is 39.4 Å². The molecule has 6 aromatic heterocycles. The third-order valence-electron chi connectivity index (χ3n) is 5.98. The molecule has 0 saturated carbocycles. The highest BCUT2D eigenvalue weighted by atomic mass is 32.3. The number of halogens is 6. The van der Waals surface area contributed by atoms with Crippen molar-refractivity contribution in [1.29, 1.82) is 0 Å². The number of nitrogens with one attached hydrogen (secondary N) is 1. The van der Waals surface area contributed by atoms with E-state index in [-0.39, 0.29) is 48.0 Å². The zero-order valence-electron chi connectivity index (χ0n) is 26.0. The molecule has 0 atom stereocenters. The van der Waals surface area contributed by atoms with Crippen molar-refractivity contribution in [3.8, 4) is 23.5 Å². The molecule has 280 valence electrons. The predicted octanol–water partition coefficient (Wildman–Crippen LogP) is 5.49. The van der Waals surface area contributed by atoms with E-state index in [9.17, 15) is 26.3 Å². The van der Waals surface area contributed by atoms with E-state index in [1.807, 2.05) is 20.8 Å². The molecule has 0 amide bonds. The van der Waals surface area contributed by atoms with Crippen LogP contribution in [-0.2, 0) is 28.3 Å². The van der Waals surface area contributed by atoms with E-state index in [2.05, 4.69) is 45.2 Å². The first-order valence-electron chi connectivity index (χ1n) is 13.6. The molecule has 0 aliphatic rings. The van der Waals surface area contributed by atoms with Gasteiger partial charge in [-0.3, -0.25) is 14.2 Å². The molecule has 6 heterocycles. The van der Waals surface area contributed by atoms with Crippen LogP contribution in [0.5, 0.6) is 23.5 Å². The van der Waals surface area contributed by atoms with E-state index in [1.165, 1.54) is 12.7 Å². The molecule has 0 radical (unpaired) electrons. The van der Waals surface area contributed by atoms with Gasteiger partial charge in [-0.05, 0) is 32.9 Å². The van der Waals surface area contributed by atoms with Crippen molar-refractivity contribution in [2.45, 2.75) is 46.1 Å². The summed E-state index contributed by atoms with van der Waals surface area (Å²) in [6, 6.07) is 3.26. The Morgan fingerprint density at radius 3 is 1.69 bits per heavy atom. The second kappa shape index (κ2) is 15.1. The van der Waals surface area contributed by atoms with E-state index >= 15 is 0 Å². The normalized spacial score (nSPS) is 11.9. The molecule has 0 fully saturated rings. The summed E-state index contributed by atoms with van der Waals surface area (Å²) in [5.74, 6) is -0.358. The fourth-order valence-corrected chi connectivity index (χ4v) is 3.89. The number of alkyl halides is 6. The number of ether oxygens (including phenoxy) is 2. The number of aromatic amines is 1. The molecule has 0 bridgehead atoms. The molecular formula is C27H28F6N12O6S. The number of hydrogen-bond acceptors (Lipinski definition) is 14. The lowest BCUT2D eigenvalue weighted by atomic mass is 10.1. The Bertz CT molecular complexity index is 2270. The predicted molar refractivity (Wildman–Crippen MR) is 170 cm³/mol. The number of anilines is 2. The average Bonchev–Trinajstić information content (AvgIpc) is 3.59. The van der Waals surface area contributed by atoms with Crippen LogP contribution in [0.1, 0.15) is 39.3 Å². The molecule has 0 aliphatic heterocycles. The van der Waals surface area contributed by atoms with Gasteiger partial charge in [-0.2, -0.15) is 34.8 Å². The van der Waals surface area contributed by atoms with E-state index in [4.69, 9.17) is 38.5 Å². The lowest BCUT2D eigenvalue weighted by Crippen LogP contribution is -2.23. The standard InChI is InChI=1S/C15H15F3N6O.C11H7F3N6O.CH4.H2O4S/c1-14(2,3)24-12-10(11(19)21-7-22-12)13(23-24)25-9-6-8(4-5-20-9)15(16,17)18;12-11(13,14)5-1-2-16-6(3-5)21-10-7-8(15)17-4-18-9(7)19-20-10;;1-5(2,3)4/h4-7H,1-3H3,(H2,19,21,22);1-4H,(H3,15,17,18,19,20);1H4;(H2,1,2,3,4). The second-order valence-electron chi connectivity index (χ2n) is 10.8. The molecule has 0 unspecified atom stereocenters. The monoisotopic (exact) mass is 762 g/mol. The Kier molecular flexibility index (Phi) is 11.8. The number of rotatable bonds is 4. The van der Waals surface area contributed by atoms with Crippen LogP contribution in [0.3, 0.4) is 0 Å². The molecule has 0 aliphatic carbocycles. The zero-order chi connectivity index (χ0) is 37.9. The van der Waals surface area contributed by atoms with Gasteiger partial charge in [-0.25, -0.2) is 34.6 Å². The number of pyridine rings is 2. The first-order chi connectivity index (χ1) is 23.5. The summed E-state index contributed by atoms with van der Waals surface area (Å²) in [6.07, 6.45) is -4.48. The Hall–Kier alpha value is -5.95. The number of hydrogen-bond donors (Lipinski definition) is 5. The maximum Gasteiger partial charge on any atom is 0.416 e. The molecule has 52 heavy (non-hydrogen) atoms. The molecule has 6 rings (SSSR count). The van der Waals surface area contributed by atoms with Crippen molar-refractivity contribution in [1.82, 2.24) is 49.9 Å². The smallest absolute Gasteiger partial charge is 0.416 e. The molecule has 7 N–H and O–H groups in total. The van der Waals surface area contributed by atoms with E-state index in [1.54, 1.807) is 4.68 Å². The summed E-state index contributed by atoms with van der Waals surface area (Å²) in [5.41, 5.74) is 10.1. The molecule has 0 saturated heterocycles. The fraction of sp³-hybridized carbons (Fsp3) is 0.259. The van der Waals surface area contributed by atoms with Gasteiger partial charge in [0, 0.05) is 24.5 Å². The van der Waals surface area contributed by atoms with E-state index in [0.717, 1.165) is 36.7 Å². The highest BCUT2D eigenvalue weighted by Gasteiger charge is 2.32. The van der Waals surface area contributed by atoms with Crippen LogP contribution in [0.2, 0.25) is 0 Å². The fourth-order valence-electron chi connectivity index (χ4n) is 3.89. The molecule has 6 aromatic rings. The van der Waals surface area contributed by atoms with Gasteiger partial charge in [0.25, 0.3) is 11.8 Å². The van der Waals surface area contributed by atoms with Gasteiger partial charge < -0.3 is 20.9 Å². The molecule has 0 aromatic carbocycles. The van der Waals surface area contributed by atoms with Crippen molar-refractivity contribution >= 4 is 44.1 Å². The van der Waals surface area contributed by atoms with Crippen LogP contribution in [0, 0.1) is 0 Å². The molecule has 18 nitrogen and oxygen atoms in total. The molecule has 0 spiro atoms. The summed E-state index contributed by atoms with van der Waals surface area (Å²) in [4.78, 5) is 23.2. The zero-order valence-corrected chi connectivity index (χ0v) is 26.8. The lowest BCUT2D eigenvalue weighted by molar-refractivity contribution is -0.138. The third kappa shape index (κ3) is 10.3. The average molecular weight is 763 g/mol. The van der Waals surface area contributed by atoms with Crippen molar-refractivity contribution < 1.29 is 53.3 Å². The Labute approximate surface area is 288 Å². The van der Waals surface area contributed by atoms with Crippen LogP contribution in [0.25, 0.3) is 22.1 Å². The number of nitrogens with two attached hydrogens (primary N) is 2. The highest BCUT2D eigenvalue weighted by molar-refractivity contribution is 7.79. The highest BCUT2D eigenvalue weighted by Crippen LogP contribution is 2.36. The van der Waals surface area contributed by atoms with Gasteiger partial charge in [0.15, 0.2) is 11.3 Å². The first kappa shape index (κ1) is 40.5. The van der Waals surface area contributed by atoms with Gasteiger partial charge in [-0.15, -0.1) is 10.2 Å². The first-order valence-corrected chi connectivity index (χ1v) is 15.0. The number of aromatic nitrogens is 10. The number of fused-ring (bicyclic) bond motifs is 2. The van der Waals surface area contributed by atoms with Gasteiger partial charge in [0.05, 0.1) is 16.7 Å². The maximum absolute atomic E-state index is 12.8. The number of H-pyrrole nitrogens is 1. The lowest BCUT2D eigenvalue weighted by Gasteiger charge is -2.19. The second-order valence-corrected chi connectivity index (χ2v) is 11.7. The van der Waals surface area contributed by atoms with Gasteiger partial charge >= 0.3 is 22.8 Å². The Morgan fingerprint density at radius 2 is 1.21 bits per heavy atom. The van der Waals surface area contributed by atoms with Crippen LogP contribution < -0.4 is 20.9 Å². The minimum Gasteiger partial charge on any atom is -0.418 e. The Morgan fingerprint density at radius 1 is 0.750 bits per heavy atom. The summed E-state index contributed by atoms with van der Waals surface area (Å²) in [6.45, 7) is 5.68. The number of nitrogens with zero attached hydrogens (tertiary/aromatic N) is 9. The number of nitrogen functional groups attached to an aromatic ring is 2. The van der Waals surface area contributed by atoms with E-state index in [0.29, 0.717) is 16.7 Å². The summed E-state index contributed by atoms with van der Waals surface area (Å²) in [5, 5.41) is 11.2. The molecule has 25 heteroatoms. The van der Waals surface area contributed by atoms with Crippen molar-refractivity contribution in [2.75, 3.05) is 11.5 Å². The van der Waals surface area contributed by atoms with Crippen molar-refractivity contribution in [3.63, 3.8) is 0 Å². The van der Waals surface area contributed by atoms with Gasteiger partial charge in [-0.1, -0.05) is 7.43 Å². The van der Waals surface area contributed by atoms with Gasteiger partial charge in [0.2, 0.25) is 11.8 Å². The summed E-state index contributed by atoms with van der Waals surface area (Å²) >= 11 is 0. The largest absolute Gasteiger partial charge is 0.418 e. The summed E-state index contributed by atoms with van der Waals surface area (Å²) < 4.78 is 120. The van der Waals surface area contributed by atoms with Crippen molar-refractivity contribution in [3.05, 3.63) is 60.4 Å². The van der Waals surface area contributed by atoms with Crippen LogP contribution in [0.4, 0.5) is 38.0 Å². The van der Waals surface area contributed by atoms with Crippen molar-refractivity contribution in [2.24, 2.45) is 0 Å². The van der Waals surface area contributed by atoms with Gasteiger partial charge in [0.1, 0.15) is 35.1 Å². The Balaban J connectivity index is 0.000000247. The topological polar surface area (TPSA) is 269 Å². The SMILES string of the molecule is C.CC(C)(C)n1nc(Oc2cc(C(F)(F)F)ccn2)c2c(N)ncnc21.Nc1ncnc2[nH]nc(Oc3cc(C(F)(F)F)ccn3)c12.O=S(=O)(O)O. The van der Waals surface area contributed by atoms with Crippen LogP contribution in [0.15, 0.2) is 49.3 Å². The molecular weight excluding hydrogens is 734 g/mol.